The number of guanidine groups is 1. The normalized spacial score (nSPS) is 17.0. The van der Waals surface area contributed by atoms with Crippen LogP contribution in [0.4, 0.5) is 0 Å². The monoisotopic (exact) mass is 334 g/mol. The predicted molar refractivity (Wildman–Crippen MR) is 89.2 cm³/mol. The molecular weight excluding hydrogens is 312 g/mol. The molecule has 1 heterocycles. The van der Waals surface area contributed by atoms with E-state index in [0.29, 0.717) is 35.1 Å². The number of ether oxygens (including phenoxy) is 2. The van der Waals surface area contributed by atoms with Gasteiger partial charge in [0.2, 0.25) is 5.96 Å². The number of phenolic OH excluding ortho intramolecular Hbond substituents is 1. The van der Waals surface area contributed by atoms with E-state index in [9.17, 15) is 9.90 Å². The molecule has 0 unspecified atom stereocenters. The van der Waals surface area contributed by atoms with Gasteiger partial charge in [-0.3, -0.25) is 5.43 Å². The summed E-state index contributed by atoms with van der Waals surface area (Å²) in [4.78, 5) is 16.8. The average molecular weight is 334 g/mol. The van der Waals surface area contributed by atoms with Crippen LogP contribution < -0.4 is 21.3 Å². The molecule has 8 nitrogen and oxygen atoms in total. The number of nitrogens with zero attached hydrogens (tertiary/aromatic N) is 1. The summed E-state index contributed by atoms with van der Waals surface area (Å²) in [5, 5.41) is 12.8. The number of nitrogens with one attached hydrogen (secondary N) is 2. The molecule has 0 radical (unpaired) electrons. The van der Waals surface area contributed by atoms with Crippen LogP contribution in [0.15, 0.2) is 34.5 Å². The molecule has 0 saturated heterocycles. The lowest BCUT2D eigenvalue weighted by atomic mass is 9.96. The third-order valence-electron chi connectivity index (χ3n) is 3.47. The van der Waals surface area contributed by atoms with Gasteiger partial charge in [0.25, 0.3) is 0 Å². The van der Waals surface area contributed by atoms with E-state index < -0.39 is 12.0 Å². The molecule has 24 heavy (non-hydrogen) atoms. The Labute approximate surface area is 140 Å². The van der Waals surface area contributed by atoms with Gasteiger partial charge >= 0.3 is 5.97 Å². The lowest BCUT2D eigenvalue weighted by Gasteiger charge is -2.26. The summed E-state index contributed by atoms with van der Waals surface area (Å²) in [5.41, 5.74) is 4.09. The first kappa shape index (κ1) is 17.6. The molecule has 0 amide bonds. The maximum atomic E-state index is 12.3. The van der Waals surface area contributed by atoms with Crippen molar-refractivity contribution >= 4 is 11.9 Å². The summed E-state index contributed by atoms with van der Waals surface area (Å²) in [6, 6.07) is 4.21. The fourth-order valence-electron chi connectivity index (χ4n) is 2.44. The molecule has 0 saturated carbocycles. The van der Waals surface area contributed by atoms with Gasteiger partial charge in [0.1, 0.15) is 6.04 Å². The summed E-state index contributed by atoms with van der Waals surface area (Å²) >= 11 is 0. The van der Waals surface area contributed by atoms with Gasteiger partial charge in [-0.1, -0.05) is 6.07 Å². The smallest absolute Gasteiger partial charge is 0.338 e. The molecule has 0 aliphatic carbocycles. The third-order valence-corrected chi connectivity index (χ3v) is 3.47. The van der Waals surface area contributed by atoms with Crippen LogP contribution in [-0.2, 0) is 9.53 Å². The maximum absolute atomic E-state index is 12.3. The van der Waals surface area contributed by atoms with Gasteiger partial charge in [-0.05, 0) is 38.5 Å². The number of hydrogen-bond acceptors (Lipinski definition) is 8. The Morgan fingerprint density at radius 3 is 2.79 bits per heavy atom. The minimum atomic E-state index is -0.629. The second-order valence-corrected chi connectivity index (χ2v) is 5.07. The summed E-state index contributed by atoms with van der Waals surface area (Å²) in [7, 11) is 0. The van der Waals surface area contributed by atoms with Crippen LogP contribution in [0.25, 0.3) is 0 Å². The number of carbonyl (C=O) groups excluding carboxylic acids is 1. The first-order valence-electron chi connectivity index (χ1n) is 7.66. The number of esters is 1. The number of benzene rings is 1. The predicted octanol–water partition coefficient (Wildman–Crippen LogP) is 1.09. The highest BCUT2D eigenvalue weighted by molar-refractivity contribution is 5.95. The SMILES string of the molecule is CCOC(=O)C1=C(C)NC(NN)=N[C@H]1c1ccc(O)c(OCC)c1. The molecule has 1 aromatic carbocycles. The van der Waals surface area contributed by atoms with Crippen LogP contribution in [0.1, 0.15) is 32.4 Å². The van der Waals surface area contributed by atoms with E-state index >= 15 is 0 Å². The molecule has 1 aromatic rings. The molecule has 0 bridgehead atoms. The van der Waals surface area contributed by atoms with Gasteiger partial charge < -0.3 is 19.9 Å². The number of aromatic hydroxyl groups is 1. The van der Waals surface area contributed by atoms with Crippen LogP contribution in [-0.4, -0.2) is 30.2 Å². The van der Waals surface area contributed by atoms with Gasteiger partial charge in [-0.15, -0.1) is 0 Å². The number of rotatable bonds is 5. The van der Waals surface area contributed by atoms with Crippen LogP contribution in [0.5, 0.6) is 11.5 Å². The Morgan fingerprint density at radius 2 is 2.17 bits per heavy atom. The van der Waals surface area contributed by atoms with Crippen molar-refractivity contribution in [2.75, 3.05) is 13.2 Å². The van der Waals surface area contributed by atoms with E-state index in [-0.39, 0.29) is 12.4 Å². The highest BCUT2D eigenvalue weighted by atomic mass is 16.5. The largest absolute Gasteiger partial charge is 0.504 e. The zero-order valence-electron chi connectivity index (χ0n) is 13.9. The third kappa shape index (κ3) is 3.60. The van der Waals surface area contributed by atoms with Gasteiger partial charge in [-0.2, -0.15) is 0 Å². The van der Waals surface area contributed by atoms with Crippen molar-refractivity contribution in [3.05, 3.63) is 35.0 Å². The molecular formula is C16H22N4O4. The van der Waals surface area contributed by atoms with E-state index in [4.69, 9.17) is 15.3 Å². The fourth-order valence-corrected chi connectivity index (χ4v) is 2.44. The van der Waals surface area contributed by atoms with Crippen molar-refractivity contribution in [2.24, 2.45) is 10.8 Å². The van der Waals surface area contributed by atoms with E-state index in [1.165, 1.54) is 6.07 Å². The zero-order chi connectivity index (χ0) is 17.7. The standard InChI is InChI=1S/C16H22N4O4/c1-4-23-12-8-10(6-7-11(12)21)14-13(15(22)24-5-2)9(3)18-16(19-14)20-17/h6-8,14,21H,4-5,17H2,1-3H3,(H2,18,19,20)/t14-/m0/s1. The molecule has 1 atom stereocenters. The molecule has 0 fully saturated rings. The molecule has 2 rings (SSSR count). The summed E-state index contributed by atoms with van der Waals surface area (Å²) < 4.78 is 10.5. The number of aliphatic imine (C=N–C) groups is 1. The Hall–Kier alpha value is -2.74. The minimum Gasteiger partial charge on any atom is -0.504 e. The van der Waals surface area contributed by atoms with Crippen molar-refractivity contribution < 1.29 is 19.4 Å². The molecule has 8 heteroatoms. The fraction of sp³-hybridized carbons (Fsp3) is 0.375. The lowest BCUT2D eigenvalue weighted by molar-refractivity contribution is -0.138. The summed E-state index contributed by atoms with van der Waals surface area (Å²) in [6.07, 6.45) is 0. The highest BCUT2D eigenvalue weighted by Gasteiger charge is 2.30. The van der Waals surface area contributed by atoms with Crippen molar-refractivity contribution in [3.63, 3.8) is 0 Å². The van der Waals surface area contributed by atoms with Crippen molar-refractivity contribution in [1.29, 1.82) is 0 Å². The van der Waals surface area contributed by atoms with E-state index in [1.807, 2.05) is 6.92 Å². The first-order chi connectivity index (χ1) is 11.5. The van der Waals surface area contributed by atoms with E-state index in [1.54, 1.807) is 26.0 Å². The number of hydrazine groups is 1. The van der Waals surface area contributed by atoms with Gasteiger partial charge in [0.05, 0.1) is 18.8 Å². The van der Waals surface area contributed by atoms with E-state index in [2.05, 4.69) is 15.7 Å². The zero-order valence-corrected chi connectivity index (χ0v) is 13.9. The Morgan fingerprint density at radius 1 is 1.42 bits per heavy atom. The number of carbonyl (C=O) groups is 1. The Bertz CT molecular complexity index is 685. The second kappa shape index (κ2) is 7.69. The van der Waals surface area contributed by atoms with Gasteiger partial charge in [0.15, 0.2) is 11.5 Å². The average Bonchev–Trinajstić information content (AvgIpc) is 2.56. The van der Waals surface area contributed by atoms with Crippen LogP contribution in [0.3, 0.4) is 0 Å². The van der Waals surface area contributed by atoms with Gasteiger partial charge in [-0.25, -0.2) is 15.6 Å². The maximum Gasteiger partial charge on any atom is 0.338 e. The summed E-state index contributed by atoms with van der Waals surface area (Å²) in [5.74, 6) is 5.66. The molecule has 130 valence electrons. The molecule has 5 N–H and O–H groups in total. The Kier molecular flexibility index (Phi) is 5.64. The van der Waals surface area contributed by atoms with Crippen molar-refractivity contribution in [3.8, 4) is 11.5 Å². The highest BCUT2D eigenvalue weighted by Crippen LogP contribution is 2.36. The van der Waals surface area contributed by atoms with Crippen LogP contribution >= 0.6 is 0 Å². The van der Waals surface area contributed by atoms with Crippen molar-refractivity contribution in [2.45, 2.75) is 26.8 Å². The van der Waals surface area contributed by atoms with Crippen LogP contribution in [0, 0.1) is 0 Å². The number of nitrogens with two attached hydrogens (primary N) is 1. The minimum absolute atomic E-state index is 0.0223. The number of allylic oxidation sites excluding steroid dienone is 1. The van der Waals surface area contributed by atoms with Gasteiger partial charge in [0, 0.05) is 5.70 Å². The topological polar surface area (TPSA) is 118 Å². The number of hydrogen-bond donors (Lipinski definition) is 4. The van der Waals surface area contributed by atoms with Crippen LogP contribution in [0.2, 0.25) is 0 Å². The molecule has 1 aliphatic heterocycles. The van der Waals surface area contributed by atoms with Crippen molar-refractivity contribution in [1.82, 2.24) is 10.7 Å². The lowest BCUT2D eigenvalue weighted by Crippen LogP contribution is -2.44. The first-order valence-corrected chi connectivity index (χ1v) is 7.66. The van der Waals surface area contributed by atoms with E-state index in [0.717, 1.165) is 0 Å². The summed E-state index contributed by atoms with van der Waals surface area (Å²) in [6.45, 7) is 5.97. The quantitative estimate of drug-likeness (QED) is 0.362. The Balaban J connectivity index is 2.49. The molecule has 0 aromatic heterocycles. The second-order valence-electron chi connectivity index (χ2n) is 5.07. The molecule has 0 spiro atoms. The molecule has 1 aliphatic rings. The number of phenols is 1.